The fourth-order valence-electron chi connectivity index (χ4n) is 2.33. The lowest BCUT2D eigenvalue weighted by Gasteiger charge is -2.06. The lowest BCUT2D eigenvalue weighted by atomic mass is 10.1. The molecule has 2 aromatic heterocycles. The van der Waals surface area contributed by atoms with Crippen molar-refractivity contribution in [3.05, 3.63) is 65.7 Å². The molecule has 0 bridgehead atoms. The van der Waals surface area contributed by atoms with Crippen LogP contribution in [0.4, 0.5) is 0 Å². The molecule has 3 aromatic rings. The van der Waals surface area contributed by atoms with Gasteiger partial charge in [0, 0.05) is 6.42 Å². The molecular formula is C16H14N2O3. The maximum atomic E-state index is 11.3. The highest BCUT2D eigenvalue weighted by molar-refractivity contribution is 5.86. The molecule has 5 nitrogen and oxygen atoms in total. The number of hydrogen-bond acceptors (Lipinski definition) is 3. The molecule has 0 saturated carbocycles. The summed E-state index contributed by atoms with van der Waals surface area (Å²) in [6.45, 7) is 0. The van der Waals surface area contributed by atoms with E-state index in [0.717, 1.165) is 16.8 Å². The standard InChI is InChI=1S/C16H14N2O3/c1-21-13-7-5-11(6-8-13)9-15-17-10-12-3-2-4-14(16(19)20)18(12)15/h2-8,10H,9H2,1H3,(H,19,20). The summed E-state index contributed by atoms with van der Waals surface area (Å²) in [5.74, 6) is 0.528. The number of carboxylic acids is 1. The van der Waals surface area contributed by atoms with Crippen LogP contribution in [0.15, 0.2) is 48.7 Å². The molecule has 0 aliphatic heterocycles. The second-order valence-corrected chi connectivity index (χ2v) is 4.68. The highest BCUT2D eigenvalue weighted by Crippen LogP contribution is 2.17. The van der Waals surface area contributed by atoms with E-state index in [9.17, 15) is 9.90 Å². The lowest BCUT2D eigenvalue weighted by molar-refractivity contribution is 0.0688. The van der Waals surface area contributed by atoms with Gasteiger partial charge >= 0.3 is 5.97 Å². The number of aromatic carboxylic acids is 1. The fraction of sp³-hybridized carbons (Fsp3) is 0.125. The Morgan fingerprint density at radius 2 is 2.00 bits per heavy atom. The molecule has 106 valence electrons. The highest BCUT2D eigenvalue weighted by atomic mass is 16.5. The Morgan fingerprint density at radius 1 is 1.24 bits per heavy atom. The van der Waals surface area contributed by atoms with Gasteiger partial charge in [0.15, 0.2) is 0 Å². The number of pyridine rings is 1. The fourth-order valence-corrected chi connectivity index (χ4v) is 2.33. The number of rotatable bonds is 4. The Bertz CT molecular complexity index is 791. The smallest absolute Gasteiger partial charge is 0.352 e. The van der Waals surface area contributed by atoms with E-state index in [1.54, 1.807) is 29.8 Å². The topological polar surface area (TPSA) is 63.8 Å². The van der Waals surface area contributed by atoms with Crippen LogP contribution in [0.2, 0.25) is 0 Å². The maximum absolute atomic E-state index is 11.3. The van der Waals surface area contributed by atoms with Gasteiger partial charge < -0.3 is 9.84 Å². The Balaban J connectivity index is 2.02. The van der Waals surface area contributed by atoms with Gasteiger partial charge in [-0.3, -0.25) is 4.40 Å². The summed E-state index contributed by atoms with van der Waals surface area (Å²) < 4.78 is 6.80. The number of nitrogens with zero attached hydrogens (tertiary/aromatic N) is 2. The van der Waals surface area contributed by atoms with E-state index >= 15 is 0 Å². The molecule has 0 aliphatic carbocycles. The summed E-state index contributed by atoms with van der Waals surface area (Å²) in [4.78, 5) is 15.7. The van der Waals surface area contributed by atoms with Crippen LogP contribution in [0.5, 0.6) is 5.75 Å². The SMILES string of the molecule is COc1ccc(Cc2ncc3cccc(C(=O)O)n23)cc1. The molecule has 0 atom stereocenters. The minimum atomic E-state index is -0.963. The molecule has 3 rings (SSSR count). The van der Waals surface area contributed by atoms with Gasteiger partial charge in [-0.15, -0.1) is 0 Å². The van der Waals surface area contributed by atoms with E-state index in [1.807, 2.05) is 30.3 Å². The van der Waals surface area contributed by atoms with Gasteiger partial charge in [0.25, 0.3) is 0 Å². The molecule has 1 aromatic carbocycles. The van der Waals surface area contributed by atoms with Crippen LogP contribution < -0.4 is 4.74 Å². The average Bonchev–Trinajstić information content (AvgIpc) is 2.91. The Labute approximate surface area is 121 Å². The largest absolute Gasteiger partial charge is 0.497 e. The number of fused-ring (bicyclic) bond motifs is 1. The first-order valence-electron chi connectivity index (χ1n) is 6.50. The second-order valence-electron chi connectivity index (χ2n) is 4.68. The van der Waals surface area contributed by atoms with E-state index in [-0.39, 0.29) is 5.69 Å². The average molecular weight is 282 g/mol. The van der Waals surface area contributed by atoms with Gasteiger partial charge in [-0.05, 0) is 29.8 Å². The summed E-state index contributed by atoms with van der Waals surface area (Å²) in [5, 5.41) is 9.29. The first-order chi connectivity index (χ1) is 10.2. The summed E-state index contributed by atoms with van der Waals surface area (Å²) in [7, 11) is 1.62. The van der Waals surface area contributed by atoms with Crippen LogP contribution in [-0.4, -0.2) is 27.6 Å². The van der Waals surface area contributed by atoms with Crippen molar-refractivity contribution in [1.29, 1.82) is 0 Å². The first-order valence-corrected chi connectivity index (χ1v) is 6.50. The van der Waals surface area contributed by atoms with Crippen molar-refractivity contribution in [1.82, 2.24) is 9.38 Å². The van der Waals surface area contributed by atoms with E-state index in [0.29, 0.717) is 12.2 Å². The van der Waals surface area contributed by atoms with E-state index in [2.05, 4.69) is 4.98 Å². The zero-order valence-electron chi connectivity index (χ0n) is 11.5. The number of carboxylic acid groups (broad SMARTS) is 1. The maximum Gasteiger partial charge on any atom is 0.352 e. The minimum absolute atomic E-state index is 0.216. The quantitative estimate of drug-likeness (QED) is 0.799. The van der Waals surface area contributed by atoms with Crippen molar-refractivity contribution in [3.8, 4) is 5.75 Å². The summed E-state index contributed by atoms with van der Waals surface area (Å²) in [5.41, 5.74) is 2.04. The van der Waals surface area contributed by atoms with Crippen LogP contribution in [0.3, 0.4) is 0 Å². The third-order valence-corrected chi connectivity index (χ3v) is 3.36. The van der Waals surface area contributed by atoms with Gasteiger partial charge in [-0.1, -0.05) is 18.2 Å². The Kier molecular flexibility index (Phi) is 3.31. The summed E-state index contributed by atoms with van der Waals surface area (Å²) in [6, 6.07) is 12.8. The molecule has 0 amide bonds. The molecule has 1 N–H and O–H groups in total. The van der Waals surface area contributed by atoms with Gasteiger partial charge in [0.2, 0.25) is 0 Å². The van der Waals surface area contributed by atoms with Crippen molar-refractivity contribution in [2.45, 2.75) is 6.42 Å². The van der Waals surface area contributed by atoms with Crippen molar-refractivity contribution in [3.63, 3.8) is 0 Å². The third-order valence-electron chi connectivity index (χ3n) is 3.36. The normalized spacial score (nSPS) is 10.7. The number of hydrogen-bond donors (Lipinski definition) is 1. The second kappa shape index (κ2) is 5.28. The number of carbonyl (C=O) groups is 1. The van der Waals surface area contributed by atoms with Crippen LogP contribution in [0.1, 0.15) is 21.9 Å². The van der Waals surface area contributed by atoms with E-state index in [1.165, 1.54) is 0 Å². The predicted octanol–water partition coefficient (Wildman–Crippen LogP) is 2.63. The van der Waals surface area contributed by atoms with Crippen molar-refractivity contribution < 1.29 is 14.6 Å². The van der Waals surface area contributed by atoms with Gasteiger partial charge in [0.1, 0.15) is 17.3 Å². The first kappa shape index (κ1) is 13.2. The summed E-state index contributed by atoms with van der Waals surface area (Å²) in [6.07, 6.45) is 2.24. The molecule has 5 heteroatoms. The number of aromatic nitrogens is 2. The van der Waals surface area contributed by atoms with Crippen LogP contribution >= 0.6 is 0 Å². The molecule has 2 heterocycles. The van der Waals surface area contributed by atoms with Gasteiger partial charge in [-0.25, -0.2) is 9.78 Å². The third kappa shape index (κ3) is 2.45. The lowest BCUT2D eigenvalue weighted by Crippen LogP contribution is -2.08. The Morgan fingerprint density at radius 3 is 2.67 bits per heavy atom. The molecular weight excluding hydrogens is 268 g/mol. The molecule has 0 aliphatic rings. The molecule has 0 fully saturated rings. The number of ether oxygens (including phenoxy) is 1. The molecule has 0 unspecified atom stereocenters. The monoisotopic (exact) mass is 282 g/mol. The van der Waals surface area contributed by atoms with Gasteiger partial charge in [0.05, 0.1) is 18.8 Å². The number of methoxy groups -OCH3 is 1. The minimum Gasteiger partial charge on any atom is -0.497 e. The van der Waals surface area contributed by atoms with Crippen LogP contribution in [0, 0.1) is 0 Å². The molecule has 21 heavy (non-hydrogen) atoms. The zero-order chi connectivity index (χ0) is 14.8. The van der Waals surface area contributed by atoms with Crippen LogP contribution in [0.25, 0.3) is 5.52 Å². The molecule has 0 radical (unpaired) electrons. The van der Waals surface area contributed by atoms with Gasteiger partial charge in [-0.2, -0.15) is 0 Å². The van der Waals surface area contributed by atoms with Crippen molar-refractivity contribution in [2.24, 2.45) is 0 Å². The van der Waals surface area contributed by atoms with E-state index in [4.69, 9.17) is 4.74 Å². The van der Waals surface area contributed by atoms with Crippen LogP contribution in [-0.2, 0) is 6.42 Å². The predicted molar refractivity (Wildman–Crippen MR) is 78.0 cm³/mol. The zero-order valence-corrected chi connectivity index (χ0v) is 11.5. The van der Waals surface area contributed by atoms with E-state index < -0.39 is 5.97 Å². The highest BCUT2D eigenvalue weighted by Gasteiger charge is 2.12. The Hall–Kier alpha value is -2.82. The molecule has 0 saturated heterocycles. The summed E-state index contributed by atoms with van der Waals surface area (Å²) >= 11 is 0. The molecule has 0 spiro atoms. The van der Waals surface area contributed by atoms with Crippen molar-refractivity contribution in [2.75, 3.05) is 7.11 Å². The number of benzene rings is 1. The van der Waals surface area contributed by atoms with Crippen molar-refractivity contribution >= 4 is 11.5 Å². The number of imidazole rings is 1.